The largest absolute Gasteiger partial charge is 0.481 e. The molecular formula is C20H26O6. The van der Waals surface area contributed by atoms with E-state index in [0.29, 0.717) is 37.2 Å². The number of benzene rings is 1. The third-order valence-electron chi connectivity index (χ3n) is 5.52. The molecule has 2 atom stereocenters. The molecule has 2 unspecified atom stereocenters. The normalized spacial score (nSPS) is 26.0. The number of carbonyl (C=O) groups is 2. The highest BCUT2D eigenvalue weighted by Gasteiger charge is 2.55. The van der Waals surface area contributed by atoms with Crippen LogP contribution in [0.25, 0.3) is 0 Å². The lowest BCUT2D eigenvalue weighted by atomic mass is 9.67. The molecule has 0 radical (unpaired) electrons. The number of rotatable bonds is 6. The number of hydrogen-bond acceptors (Lipinski definition) is 4. The summed E-state index contributed by atoms with van der Waals surface area (Å²) in [7, 11) is 0. The van der Waals surface area contributed by atoms with Crippen LogP contribution < -0.4 is 0 Å². The van der Waals surface area contributed by atoms with E-state index in [1.165, 1.54) is 0 Å². The van der Waals surface area contributed by atoms with Gasteiger partial charge in [0.2, 0.25) is 0 Å². The maximum absolute atomic E-state index is 12.6. The molecule has 2 N–H and O–H groups in total. The Balaban J connectivity index is 2.02. The van der Waals surface area contributed by atoms with Gasteiger partial charge in [0.15, 0.2) is 0 Å². The van der Waals surface area contributed by atoms with Crippen LogP contribution in [0, 0.1) is 0 Å². The minimum Gasteiger partial charge on any atom is -0.481 e. The number of carboxylic acid groups (broad SMARTS) is 2. The van der Waals surface area contributed by atoms with Crippen molar-refractivity contribution in [3.63, 3.8) is 0 Å². The van der Waals surface area contributed by atoms with E-state index in [9.17, 15) is 14.7 Å². The maximum atomic E-state index is 12.6. The minimum atomic E-state index is -1.26. The Morgan fingerprint density at radius 2 is 1.46 bits per heavy atom. The first kappa shape index (κ1) is 18.9. The molecule has 2 aliphatic heterocycles. The van der Waals surface area contributed by atoms with Crippen LogP contribution >= 0.6 is 0 Å². The standard InChI is InChI=1S/C20H26O6/c21-18(22)13-14-7-9-15(10-8-14)20(19(23)24,16-5-1-3-11-25-16)17-6-2-4-12-26-17/h7-10,16-17H,1-6,11-13H2,(H,21,22)(H,23,24). The summed E-state index contributed by atoms with van der Waals surface area (Å²) in [6.07, 6.45) is 4.15. The lowest BCUT2D eigenvalue weighted by molar-refractivity contribution is -0.170. The molecule has 1 aromatic rings. The van der Waals surface area contributed by atoms with Crippen molar-refractivity contribution in [1.82, 2.24) is 0 Å². The van der Waals surface area contributed by atoms with Gasteiger partial charge in [0.05, 0.1) is 18.6 Å². The van der Waals surface area contributed by atoms with Gasteiger partial charge in [0, 0.05) is 13.2 Å². The number of ether oxygens (including phenoxy) is 2. The van der Waals surface area contributed by atoms with E-state index in [1.54, 1.807) is 24.3 Å². The van der Waals surface area contributed by atoms with E-state index in [1.807, 2.05) is 0 Å². The fourth-order valence-corrected chi connectivity index (χ4v) is 4.25. The highest BCUT2D eigenvalue weighted by molar-refractivity contribution is 5.83. The van der Waals surface area contributed by atoms with Gasteiger partial charge >= 0.3 is 11.9 Å². The summed E-state index contributed by atoms with van der Waals surface area (Å²) >= 11 is 0. The van der Waals surface area contributed by atoms with E-state index in [-0.39, 0.29) is 6.42 Å². The van der Waals surface area contributed by atoms with Gasteiger partial charge in [-0.2, -0.15) is 0 Å². The molecular weight excluding hydrogens is 336 g/mol. The van der Waals surface area contributed by atoms with Crippen molar-refractivity contribution in [2.75, 3.05) is 13.2 Å². The SMILES string of the molecule is O=C(O)Cc1ccc(C(C(=O)O)(C2CCCCO2)C2CCCCO2)cc1. The molecule has 1 aromatic carbocycles. The van der Waals surface area contributed by atoms with Crippen LogP contribution in [0.1, 0.15) is 49.7 Å². The van der Waals surface area contributed by atoms with Crippen LogP contribution in [-0.2, 0) is 30.9 Å². The second kappa shape index (κ2) is 8.18. The van der Waals surface area contributed by atoms with Crippen LogP contribution in [0.2, 0.25) is 0 Å². The van der Waals surface area contributed by atoms with Gasteiger partial charge in [-0.1, -0.05) is 24.3 Å². The molecule has 2 saturated heterocycles. The number of aliphatic carboxylic acids is 2. The van der Waals surface area contributed by atoms with Gasteiger partial charge < -0.3 is 19.7 Å². The third-order valence-corrected chi connectivity index (χ3v) is 5.52. The molecule has 0 amide bonds. The zero-order valence-electron chi connectivity index (χ0n) is 14.9. The Hall–Kier alpha value is -1.92. The fourth-order valence-electron chi connectivity index (χ4n) is 4.25. The van der Waals surface area contributed by atoms with Crippen molar-refractivity contribution < 1.29 is 29.3 Å². The molecule has 6 nitrogen and oxygen atoms in total. The first-order valence-corrected chi connectivity index (χ1v) is 9.33. The van der Waals surface area contributed by atoms with Gasteiger partial charge in [-0.3, -0.25) is 9.59 Å². The van der Waals surface area contributed by atoms with Gasteiger partial charge in [-0.15, -0.1) is 0 Å². The average molecular weight is 362 g/mol. The first-order chi connectivity index (χ1) is 12.5. The predicted molar refractivity (Wildman–Crippen MR) is 94.3 cm³/mol. The number of carboxylic acids is 2. The van der Waals surface area contributed by atoms with Crippen molar-refractivity contribution in [2.24, 2.45) is 0 Å². The molecule has 142 valence electrons. The van der Waals surface area contributed by atoms with E-state index >= 15 is 0 Å². The lowest BCUT2D eigenvalue weighted by Crippen LogP contribution is -2.58. The van der Waals surface area contributed by atoms with Gasteiger partial charge in [-0.25, -0.2) is 0 Å². The summed E-state index contributed by atoms with van der Waals surface area (Å²) in [6, 6.07) is 6.88. The van der Waals surface area contributed by atoms with Crippen molar-refractivity contribution in [3.8, 4) is 0 Å². The Morgan fingerprint density at radius 3 is 1.85 bits per heavy atom. The predicted octanol–water partition coefficient (Wildman–Crippen LogP) is 2.77. The molecule has 26 heavy (non-hydrogen) atoms. The summed E-state index contributed by atoms with van der Waals surface area (Å²) in [5.41, 5.74) is 0.0235. The Bertz CT molecular complexity index is 608. The quantitative estimate of drug-likeness (QED) is 0.808. The highest BCUT2D eigenvalue weighted by Crippen LogP contribution is 2.42. The molecule has 0 bridgehead atoms. The summed E-state index contributed by atoms with van der Waals surface area (Å²) in [6.45, 7) is 1.12. The topological polar surface area (TPSA) is 93.1 Å². The lowest BCUT2D eigenvalue weighted by Gasteiger charge is -2.45. The van der Waals surface area contributed by atoms with Crippen LogP contribution in [0.4, 0.5) is 0 Å². The van der Waals surface area contributed by atoms with E-state index < -0.39 is 29.6 Å². The van der Waals surface area contributed by atoms with Crippen molar-refractivity contribution in [3.05, 3.63) is 35.4 Å². The minimum absolute atomic E-state index is 0.0831. The van der Waals surface area contributed by atoms with Gasteiger partial charge in [0.25, 0.3) is 0 Å². The monoisotopic (exact) mass is 362 g/mol. The molecule has 0 aliphatic carbocycles. The van der Waals surface area contributed by atoms with E-state index in [0.717, 1.165) is 25.7 Å². The molecule has 6 heteroatoms. The molecule has 0 spiro atoms. The smallest absolute Gasteiger partial charge is 0.319 e. The second-order valence-electron chi connectivity index (χ2n) is 7.15. The maximum Gasteiger partial charge on any atom is 0.319 e. The summed E-state index contributed by atoms with van der Waals surface area (Å²) < 4.78 is 11.9. The third kappa shape index (κ3) is 3.62. The molecule has 2 fully saturated rings. The summed E-state index contributed by atoms with van der Waals surface area (Å²) in [5, 5.41) is 19.3. The van der Waals surface area contributed by atoms with E-state index in [2.05, 4.69) is 0 Å². The van der Waals surface area contributed by atoms with Crippen molar-refractivity contribution in [2.45, 2.75) is 62.6 Å². The fraction of sp³-hybridized carbons (Fsp3) is 0.600. The molecule has 2 heterocycles. The van der Waals surface area contributed by atoms with Crippen LogP contribution in [0.5, 0.6) is 0 Å². The van der Waals surface area contributed by atoms with Gasteiger partial charge in [0.1, 0.15) is 5.41 Å². The zero-order valence-corrected chi connectivity index (χ0v) is 14.9. The summed E-state index contributed by atoms with van der Waals surface area (Å²) in [5.74, 6) is -1.84. The molecule has 0 aromatic heterocycles. The molecule has 0 saturated carbocycles. The van der Waals surface area contributed by atoms with Crippen LogP contribution in [0.15, 0.2) is 24.3 Å². The first-order valence-electron chi connectivity index (χ1n) is 9.33. The highest BCUT2D eigenvalue weighted by atomic mass is 16.5. The average Bonchev–Trinajstić information content (AvgIpc) is 2.65. The van der Waals surface area contributed by atoms with E-state index in [4.69, 9.17) is 14.6 Å². The molecule has 3 rings (SSSR count). The van der Waals surface area contributed by atoms with Crippen LogP contribution in [-0.4, -0.2) is 47.6 Å². The Kier molecular flexibility index (Phi) is 5.94. The van der Waals surface area contributed by atoms with Crippen molar-refractivity contribution in [1.29, 1.82) is 0 Å². The summed E-state index contributed by atoms with van der Waals surface area (Å²) in [4.78, 5) is 23.5. The molecule has 2 aliphatic rings. The van der Waals surface area contributed by atoms with Crippen molar-refractivity contribution >= 4 is 11.9 Å². The van der Waals surface area contributed by atoms with Crippen LogP contribution in [0.3, 0.4) is 0 Å². The second-order valence-corrected chi connectivity index (χ2v) is 7.15. The zero-order chi connectivity index (χ0) is 18.6. The Morgan fingerprint density at radius 1 is 0.923 bits per heavy atom. The number of hydrogen-bond donors (Lipinski definition) is 2. The van der Waals surface area contributed by atoms with Gasteiger partial charge in [-0.05, 0) is 49.7 Å². The Labute approximate surface area is 153 Å².